The molecule has 3 heterocycles. The van der Waals surface area contributed by atoms with Crippen molar-refractivity contribution in [3.05, 3.63) is 40.0 Å². The van der Waals surface area contributed by atoms with E-state index in [4.69, 9.17) is 4.42 Å². The lowest BCUT2D eigenvalue weighted by atomic mass is 10.1. The van der Waals surface area contributed by atoms with Crippen LogP contribution in [-0.2, 0) is 10.0 Å². The second-order valence-electron chi connectivity index (χ2n) is 7.15. The number of nitrogens with zero attached hydrogens (tertiary/aromatic N) is 2. The first-order valence-corrected chi connectivity index (χ1v) is 12.4. The number of sulfonamides is 1. The molecule has 1 N–H and O–H groups in total. The summed E-state index contributed by atoms with van der Waals surface area (Å²) in [6, 6.07) is 3.48. The Morgan fingerprint density at radius 2 is 2.00 bits per heavy atom. The molecule has 29 heavy (non-hydrogen) atoms. The molecular formula is C20H29N3O4S2. The number of rotatable bonds is 9. The summed E-state index contributed by atoms with van der Waals surface area (Å²) in [5, 5.41) is 7.04. The fraction of sp³-hybridized carbons (Fsp3) is 0.550. The van der Waals surface area contributed by atoms with Crippen LogP contribution in [0.15, 0.2) is 32.2 Å². The van der Waals surface area contributed by atoms with Gasteiger partial charge in [0, 0.05) is 25.7 Å². The lowest BCUT2D eigenvalue weighted by Gasteiger charge is -2.29. The molecule has 1 atom stereocenters. The van der Waals surface area contributed by atoms with Crippen molar-refractivity contribution in [3.8, 4) is 0 Å². The van der Waals surface area contributed by atoms with Crippen molar-refractivity contribution < 1.29 is 17.6 Å². The quantitative estimate of drug-likeness (QED) is 0.649. The topological polar surface area (TPSA) is 82.9 Å². The predicted octanol–water partition coefficient (Wildman–Crippen LogP) is 3.25. The number of likely N-dealkylation sites (N-methyl/N-ethyl adjacent to an activating group) is 1. The number of thiophene rings is 1. The van der Waals surface area contributed by atoms with Gasteiger partial charge in [-0.15, -0.1) is 0 Å². The van der Waals surface area contributed by atoms with Gasteiger partial charge in [-0.25, -0.2) is 8.42 Å². The molecule has 1 saturated heterocycles. The van der Waals surface area contributed by atoms with Gasteiger partial charge in [-0.05, 0) is 55.2 Å². The molecule has 1 aliphatic heterocycles. The van der Waals surface area contributed by atoms with Crippen LogP contribution in [0, 0.1) is 6.92 Å². The Balaban J connectivity index is 1.74. The van der Waals surface area contributed by atoms with E-state index in [0.29, 0.717) is 19.6 Å². The summed E-state index contributed by atoms with van der Waals surface area (Å²) in [6.45, 7) is 8.96. The van der Waals surface area contributed by atoms with Crippen molar-refractivity contribution in [2.24, 2.45) is 0 Å². The average Bonchev–Trinajstić information content (AvgIpc) is 3.46. The highest BCUT2D eigenvalue weighted by Crippen LogP contribution is 2.27. The fourth-order valence-electron chi connectivity index (χ4n) is 3.76. The van der Waals surface area contributed by atoms with E-state index in [1.807, 2.05) is 5.38 Å². The summed E-state index contributed by atoms with van der Waals surface area (Å²) >= 11 is 1.63. The highest BCUT2D eigenvalue weighted by atomic mass is 32.2. The normalized spacial score (nSPS) is 16.4. The van der Waals surface area contributed by atoms with Gasteiger partial charge < -0.3 is 9.73 Å². The number of amides is 1. The van der Waals surface area contributed by atoms with E-state index in [1.54, 1.807) is 18.3 Å². The molecule has 9 heteroatoms. The van der Waals surface area contributed by atoms with Crippen LogP contribution in [0.25, 0.3) is 0 Å². The molecule has 2 aromatic rings. The van der Waals surface area contributed by atoms with Crippen LogP contribution < -0.4 is 5.32 Å². The van der Waals surface area contributed by atoms with Gasteiger partial charge in [-0.1, -0.05) is 13.8 Å². The van der Waals surface area contributed by atoms with E-state index < -0.39 is 15.9 Å². The summed E-state index contributed by atoms with van der Waals surface area (Å²) in [6.07, 6.45) is 1.72. The van der Waals surface area contributed by atoms with E-state index in [2.05, 4.69) is 35.5 Å². The van der Waals surface area contributed by atoms with Crippen molar-refractivity contribution in [1.82, 2.24) is 14.5 Å². The van der Waals surface area contributed by atoms with Crippen molar-refractivity contribution in [1.29, 1.82) is 0 Å². The first kappa shape index (κ1) is 22.0. The van der Waals surface area contributed by atoms with Crippen LogP contribution in [-0.4, -0.2) is 56.3 Å². The van der Waals surface area contributed by atoms with Crippen molar-refractivity contribution in [2.75, 3.05) is 32.7 Å². The average molecular weight is 440 g/mol. The molecule has 0 aromatic carbocycles. The Hall–Kier alpha value is -1.68. The summed E-state index contributed by atoms with van der Waals surface area (Å²) in [5.41, 5.74) is 1.16. The van der Waals surface area contributed by atoms with Gasteiger partial charge in [-0.2, -0.15) is 15.6 Å². The van der Waals surface area contributed by atoms with Crippen LogP contribution >= 0.6 is 11.3 Å². The maximum atomic E-state index is 12.8. The van der Waals surface area contributed by atoms with Gasteiger partial charge in [0.1, 0.15) is 10.7 Å². The maximum Gasteiger partial charge on any atom is 0.287 e. The monoisotopic (exact) mass is 439 g/mol. The fourth-order valence-corrected chi connectivity index (χ4v) is 6.15. The van der Waals surface area contributed by atoms with Crippen LogP contribution in [0.5, 0.6) is 0 Å². The van der Waals surface area contributed by atoms with Gasteiger partial charge >= 0.3 is 0 Å². The lowest BCUT2D eigenvalue weighted by Crippen LogP contribution is -2.37. The first-order valence-electron chi connectivity index (χ1n) is 10.0. The Morgan fingerprint density at radius 3 is 2.59 bits per heavy atom. The third-order valence-electron chi connectivity index (χ3n) is 5.42. The van der Waals surface area contributed by atoms with Crippen molar-refractivity contribution in [3.63, 3.8) is 0 Å². The Morgan fingerprint density at radius 1 is 1.31 bits per heavy atom. The summed E-state index contributed by atoms with van der Waals surface area (Å²) in [7, 11) is -3.62. The smallest absolute Gasteiger partial charge is 0.287 e. The van der Waals surface area contributed by atoms with Gasteiger partial charge in [-0.3, -0.25) is 9.69 Å². The van der Waals surface area contributed by atoms with Gasteiger partial charge in [0.05, 0.1) is 6.04 Å². The summed E-state index contributed by atoms with van der Waals surface area (Å²) < 4.78 is 32.6. The highest BCUT2D eigenvalue weighted by molar-refractivity contribution is 7.89. The number of hydrogen-bond acceptors (Lipinski definition) is 6. The molecule has 1 amide bonds. The number of carbonyl (C=O) groups is 1. The Kier molecular flexibility index (Phi) is 7.15. The number of nitrogens with one attached hydrogen (secondary N) is 1. The summed E-state index contributed by atoms with van der Waals surface area (Å²) in [4.78, 5) is 15.1. The van der Waals surface area contributed by atoms with Gasteiger partial charge in [0.2, 0.25) is 10.0 Å². The molecule has 0 bridgehead atoms. The van der Waals surface area contributed by atoms with E-state index in [1.165, 1.54) is 10.4 Å². The minimum atomic E-state index is -3.62. The second kappa shape index (κ2) is 9.42. The van der Waals surface area contributed by atoms with E-state index in [-0.39, 0.29) is 22.5 Å². The minimum absolute atomic E-state index is 0.0314. The predicted molar refractivity (Wildman–Crippen MR) is 114 cm³/mol. The van der Waals surface area contributed by atoms with Crippen LogP contribution in [0.4, 0.5) is 0 Å². The molecular weight excluding hydrogens is 410 g/mol. The molecule has 1 fully saturated rings. The van der Waals surface area contributed by atoms with Gasteiger partial charge in [0.15, 0.2) is 5.76 Å². The largest absolute Gasteiger partial charge is 0.455 e. The summed E-state index contributed by atoms with van der Waals surface area (Å²) in [5.74, 6) is -0.118. The molecule has 7 nitrogen and oxygen atoms in total. The van der Waals surface area contributed by atoms with Crippen LogP contribution in [0.1, 0.15) is 54.6 Å². The lowest BCUT2D eigenvalue weighted by molar-refractivity contribution is 0.0906. The number of hydrogen-bond donors (Lipinski definition) is 1. The minimum Gasteiger partial charge on any atom is -0.455 e. The first-order chi connectivity index (χ1) is 13.9. The molecule has 1 aliphatic rings. The van der Waals surface area contributed by atoms with Gasteiger partial charge in [0.25, 0.3) is 5.91 Å². The van der Waals surface area contributed by atoms with Crippen molar-refractivity contribution in [2.45, 2.75) is 44.6 Å². The molecule has 160 valence electrons. The Bertz CT molecular complexity index is 912. The SMILES string of the molecule is CCN(CC)C(CNC(=O)c1cc(S(=O)(=O)N2CCCC2)c(C)o1)c1ccsc1. The molecule has 2 aromatic heterocycles. The standard InChI is InChI=1S/C20H29N3O4S2/c1-4-22(5-2)17(16-8-11-28-14-16)13-21-20(24)18-12-19(15(3)27-18)29(25,26)23-9-6-7-10-23/h8,11-12,14,17H,4-7,9-10,13H2,1-3H3,(H,21,24). The van der Waals surface area contributed by atoms with E-state index >= 15 is 0 Å². The zero-order valence-corrected chi connectivity index (χ0v) is 18.8. The molecule has 1 unspecified atom stereocenters. The molecule has 0 radical (unpaired) electrons. The molecule has 0 saturated carbocycles. The van der Waals surface area contributed by atoms with Crippen LogP contribution in [0.2, 0.25) is 0 Å². The number of furan rings is 1. The third kappa shape index (κ3) is 4.74. The maximum absolute atomic E-state index is 12.8. The zero-order valence-electron chi connectivity index (χ0n) is 17.2. The van der Waals surface area contributed by atoms with Crippen molar-refractivity contribution >= 4 is 27.3 Å². The Labute approximate surface area is 176 Å². The molecule has 0 aliphatic carbocycles. The molecule has 3 rings (SSSR count). The van der Waals surface area contributed by atoms with E-state index in [0.717, 1.165) is 31.5 Å². The zero-order chi connectivity index (χ0) is 21.0. The third-order valence-corrected chi connectivity index (χ3v) is 8.12. The number of aryl methyl sites for hydroxylation is 1. The van der Waals surface area contributed by atoms with E-state index in [9.17, 15) is 13.2 Å². The van der Waals surface area contributed by atoms with Crippen LogP contribution in [0.3, 0.4) is 0 Å². The number of carbonyl (C=O) groups excluding carboxylic acids is 1. The highest BCUT2D eigenvalue weighted by Gasteiger charge is 2.32. The molecule has 0 spiro atoms. The second-order valence-corrected chi connectivity index (χ2v) is 9.83.